The van der Waals surface area contributed by atoms with Gasteiger partial charge in [-0.3, -0.25) is 9.59 Å². The molecule has 2 atom stereocenters. The van der Waals surface area contributed by atoms with Crippen LogP contribution in [0.25, 0.3) is 0 Å². The summed E-state index contributed by atoms with van der Waals surface area (Å²) in [6.07, 6.45) is 0.372. The number of rotatable bonds is 6. The average molecular weight is 395 g/mol. The summed E-state index contributed by atoms with van der Waals surface area (Å²) in [5.41, 5.74) is 1.05. The lowest BCUT2D eigenvalue weighted by Crippen LogP contribution is -2.52. The molecule has 1 aliphatic rings. The van der Waals surface area contributed by atoms with Crippen LogP contribution in [0.3, 0.4) is 0 Å². The van der Waals surface area contributed by atoms with Crippen molar-refractivity contribution in [1.82, 2.24) is 10.6 Å². The second-order valence-electron chi connectivity index (χ2n) is 7.06. The molecule has 0 aliphatic carbocycles. The molecule has 1 fully saturated rings. The van der Waals surface area contributed by atoms with Gasteiger partial charge in [0.1, 0.15) is 6.04 Å². The normalized spacial score (nSPS) is 19.3. The zero-order valence-corrected chi connectivity index (χ0v) is 16.4. The molecule has 27 heavy (non-hydrogen) atoms. The zero-order chi connectivity index (χ0) is 20.2. The number of carbonyl (C=O) groups excluding carboxylic acids is 3. The van der Waals surface area contributed by atoms with Crippen molar-refractivity contribution in [3.05, 3.63) is 29.8 Å². The topological polar surface area (TPSA) is 121 Å². The van der Waals surface area contributed by atoms with Crippen LogP contribution >= 0.6 is 0 Å². The molecule has 9 heteroatoms. The number of anilines is 1. The van der Waals surface area contributed by atoms with Crippen LogP contribution in [0.4, 0.5) is 10.5 Å². The van der Waals surface area contributed by atoms with E-state index in [-0.39, 0.29) is 23.2 Å². The third-order valence-corrected chi connectivity index (χ3v) is 6.13. The SMILES string of the molecule is CC(=O)c1ccc(NC(=O)C(NC(=O)NC2CCS(=O)(=O)C2)C(C)C)cc1. The van der Waals surface area contributed by atoms with E-state index in [0.29, 0.717) is 17.7 Å². The molecule has 1 aromatic rings. The minimum atomic E-state index is -3.10. The first-order valence-corrected chi connectivity index (χ1v) is 10.6. The van der Waals surface area contributed by atoms with E-state index in [1.54, 1.807) is 38.1 Å². The van der Waals surface area contributed by atoms with Crippen LogP contribution < -0.4 is 16.0 Å². The molecule has 1 aromatic carbocycles. The summed E-state index contributed by atoms with van der Waals surface area (Å²) in [6, 6.07) is 4.66. The van der Waals surface area contributed by atoms with Crippen molar-refractivity contribution in [1.29, 1.82) is 0 Å². The zero-order valence-electron chi connectivity index (χ0n) is 15.6. The first-order valence-electron chi connectivity index (χ1n) is 8.76. The molecule has 8 nitrogen and oxygen atoms in total. The number of hydrogen-bond acceptors (Lipinski definition) is 5. The molecule has 2 unspecified atom stereocenters. The van der Waals surface area contributed by atoms with Gasteiger partial charge in [-0.25, -0.2) is 13.2 Å². The van der Waals surface area contributed by atoms with Gasteiger partial charge in [0.25, 0.3) is 0 Å². The Bertz CT molecular complexity index is 818. The van der Waals surface area contributed by atoms with E-state index in [1.165, 1.54) is 6.92 Å². The van der Waals surface area contributed by atoms with Crippen molar-refractivity contribution < 1.29 is 22.8 Å². The van der Waals surface area contributed by atoms with Crippen LogP contribution in [-0.2, 0) is 14.6 Å². The van der Waals surface area contributed by atoms with Gasteiger partial charge < -0.3 is 16.0 Å². The summed E-state index contributed by atoms with van der Waals surface area (Å²) in [5, 5.41) is 7.93. The number of amides is 3. The van der Waals surface area contributed by atoms with Crippen molar-refractivity contribution in [2.75, 3.05) is 16.8 Å². The quantitative estimate of drug-likeness (QED) is 0.628. The highest BCUT2D eigenvalue weighted by molar-refractivity contribution is 7.91. The lowest BCUT2D eigenvalue weighted by Gasteiger charge is -2.23. The number of ketones is 1. The number of carbonyl (C=O) groups is 3. The maximum absolute atomic E-state index is 12.5. The fraction of sp³-hybridized carbons (Fsp3) is 0.500. The second kappa shape index (κ2) is 8.51. The summed E-state index contributed by atoms with van der Waals surface area (Å²) in [7, 11) is -3.10. The molecule has 1 heterocycles. The Morgan fingerprint density at radius 2 is 1.74 bits per heavy atom. The monoisotopic (exact) mass is 395 g/mol. The van der Waals surface area contributed by atoms with E-state index in [2.05, 4.69) is 16.0 Å². The third-order valence-electron chi connectivity index (χ3n) is 4.36. The molecule has 148 valence electrons. The minimum absolute atomic E-state index is 0.0578. The van der Waals surface area contributed by atoms with E-state index in [1.807, 2.05) is 0 Å². The van der Waals surface area contributed by atoms with Gasteiger partial charge in [-0.2, -0.15) is 0 Å². The summed E-state index contributed by atoms with van der Waals surface area (Å²) in [5.74, 6) is -0.668. The number of Topliss-reactive ketones (excluding diaryl/α,β-unsaturated/α-hetero) is 1. The summed E-state index contributed by atoms with van der Waals surface area (Å²) in [4.78, 5) is 36.0. The van der Waals surface area contributed by atoms with E-state index >= 15 is 0 Å². The van der Waals surface area contributed by atoms with Crippen LogP contribution in [-0.4, -0.2) is 49.7 Å². The first kappa shape index (κ1) is 20.9. The Hall–Kier alpha value is -2.42. The van der Waals surface area contributed by atoms with Crippen molar-refractivity contribution in [3.8, 4) is 0 Å². The Morgan fingerprint density at radius 1 is 1.11 bits per heavy atom. The van der Waals surface area contributed by atoms with Gasteiger partial charge in [-0.1, -0.05) is 13.8 Å². The van der Waals surface area contributed by atoms with E-state index in [9.17, 15) is 22.8 Å². The van der Waals surface area contributed by atoms with Gasteiger partial charge in [0.15, 0.2) is 15.6 Å². The van der Waals surface area contributed by atoms with Crippen molar-refractivity contribution in [2.45, 2.75) is 39.3 Å². The molecule has 3 N–H and O–H groups in total. The fourth-order valence-corrected chi connectivity index (χ4v) is 4.49. The number of hydrogen-bond donors (Lipinski definition) is 3. The Morgan fingerprint density at radius 3 is 2.22 bits per heavy atom. The molecular formula is C18H25N3O5S. The van der Waals surface area contributed by atoms with Gasteiger partial charge in [0.2, 0.25) is 5.91 Å². The van der Waals surface area contributed by atoms with Crippen LogP contribution in [0.5, 0.6) is 0 Å². The van der Waals surface area contributed by atoms with Crippen LogP contribution in [0, 0.1) is 5.92 Å². The Labute approximate surface area is 159 Å². The van der Waals surface area contributed by atoms with Crippen molar-refractivity contribution in [2.24, 2.45) is 5.92 Å². The molecular weight excluding hydrogens is 370 g/mol. The van der Waals surface area contributed by atoms with E-state index in [0.717, 1.165) is 0 Å². The molecule has 0 aromatic heterocycles. The molecule has 2 rings (SSSR count). The minimum Gasteiger partial charge on any atom is -0.334 e. The predicted octanol–water partition coefficient (Wildman–Crippen LogP) is 1.34. The van der Waals surface area contributed by atoms with Gasteiger partial charge in [0.05, 0.1) is 11.5 Å². The standard InChI is InChI=1S/C18H25N3O5S/c1-11(2)16(21-18(24)20-15-8-9-27(25,26)10-15)17(23)19-14-6-4-13(5-7-14)12(3)22/h4-7,11,15-16H,8-10H2,1-3H3,(H,19,23)(H2,20,21,24). The molecule has 0 bridgehead atoms. The van der Waals surface area contributed by atoms with Crippen molar-refractivity contribution >= 4 is 33.2 Å². The maximum atomic E-state index is 12.5. The Balaban J connectivity index is 1.96. The highest BCUT2D eigenvalue weighted by Gasteiger charge is 2.30. The van der Waals surface area contributed by atoms with Gasteiger partial charge in [-0.05, 0) is 43.5 Å². The lowest BCUT2D eigenvalue weighted by atomic mass is 10.0. The maximum Gasteiger partial charge on any atom is 0.315 e. The van der Waals surface area contributed by atoms with Gasteiger partial charge in [0, 0.05) is 17.3 Å². The molecule has 0 radical (unpaired) electrons. The van der Waals surface area contributed by atoms with E-state index in [4.69, 9.17) is 0 Å². The van der Waals surface area contributed by atoms with E-state index < -0.39 is 33.9 Å². The molecule has 0 saturated carbocycles. The second-order valence-corrected chi connectivity index (χ2v) is 9.29. The molecule has 3 amide bonds. The predicted molar refractivity (Wildman–Crippen MR) is 102 cm³/mol. The van der Waals surface area contributed by atoms with Crippen LogP contribution in [0.1, 0.15) is 37.6 Å². The number of nitrogens with one attached hydrogen (secondary N) is 3. The lowest BCUT2D eigenvalue weighted by molar-refractivity contribution is -0.118. The number of benzene rings is 1. The number of urea groups is 1. The Kier molecular flexibility index (Phi) is 6.59. The smallest absolute Gasteiger partial charge is 0.315 e. The third kappa shape index (κ3) is 6.06. The first-order chi connectivity index (χ1) is 12.6. The molecule has 0 spiro atoms. The molecule has 1 aliphatic heterocycles. The van der Waals surface area contributed by atoms with Crippen LogP contribution in [0.2, 0.25) is 0 Å². The highest BCUT2D eigenvalue weighted by Crippen LogP contribution is 2.13. The van der Waals surface area contributed by atoms with Gasteiger partial charge >= 0.3 is 6.03 Å². The largest absolute Gasteiger partial charge is 0.334 e. The summed E-state index contributed by atoms with van der Waals surface area (Å²) in [6.45, 7) is 5.05. The highest BCUT2D eigenvalue weighted by atomic mass is 32.2. The molecule has 1 saturated heterocycles. The fourth-order valence-electron chi connectivity index (χ4n) is 2.82. The number of sulfone groups is 1. The average Bonchev–Trinajstić information content (AvgIpc) is 2.91. The van der Waals surface area contributed by atoms with Gasteiger partial charge in [-0.15, -0.1) is 0 Å². The summed E-state index contributed by atoms with van der Waals surface area (Å²) >= 11 is 0. The summed E-state index contributed by atoms with van der Waals surface area (Å²) < 4.78 is 22.9. The van der Waals surface area contributed by atoms with Crippen LogP contribution in [0.15, 0.2) is 24.3 Å². The van der Waals surface area contributed by atoms with Crippen molar-refractivity contribution in [3.63, 3.8) is 0 Å².